The van der Waals surface area contributed by atoms with Crippen molar-refractivity contribution < 1.29 is 65.7 Å². The number of hydrogen-bond donors (Lipinski definition) is 0. The van der Waals surface area contributed by atoms with E-state index >= 15 is 0 Å². The van der Waals surface area contributed by atoms with Crippen molar-refractivity contribution in [1.29, 1.82) is 0 Å². The van der Waals surface area contributed by atoms with Gasteiger partial charge in [-0.15, -0.1) is 0 Å². The van der Waals surface area contributed by atoms with Crippen LogP contribution in [-0.4, -0.2) is 113 Å². The van der Waals surface area contributed by atoms with Crippen molar-refractivity contribution in [2.24, 2.45) is 0 Å². The van der Waals surface area contributed by atoms with Crippen LogP contribution in [0.4, 0.5) is 0 Å². The first kappa shape index (κ1) is 2680. The molecule has 14 heavy (non-hydrogen) atoms. The second-order valence-corrected chi connectivity index (χ2v) is 0. The molecule has 0 rings (SSSR count). The Kier molecular flexibility index (Phi) is 414000. The van der Waals surface area contributed by atoms with Gasteiger partial charge in [0, 0.05) is 0 Å². The molecule has 0 amide bonds. The fraction of sp³-hybridized carbons (Fsp3) is 0. The predicted octanol–water partition coefficient (Wildman–Crippen LogP) is -11.7. The van der Waals surface area contributed by atoms with Gasteiger partial charge in [0.15, 0.2) is 17.4 Å². The fourth-order valence-electron chi connectivity index (χ4n) is 0. The van der Waals surface area contributed by atoms with Crippen LogP contribution in [0.25, 0.3) is 0 Å². The molecule has 0 fully saturated rings. The molecule has 0 aliphatic carbocycles. The molecule has 0 aromatic carbocycles. The summed E-state index contributed by atoms with van der Waals surface area (Å²) < 4.78 is 0. The Bertz CT molecular complexity index is 10.3. The molecule has 12 nitrogen and oxygen atoms in total. The van der Waals surface area contributed by atoms with Crippen molar-refractivity contribution >= 4 is 46.9 Å². The Morgan fingerprint density at radius 1 is 0.214 bits per heavy atom. The van der Waals surface area contributed by atoms with Crippen LogP contribution in [-0.2, 0) is 0 Å². The summed E-state index contributed by atoms with van der Waals surface area (Å²) in [5, 5.41) is 0. The summed E-state index contributed by atoms with van der Waals surface area (Å²) in [6.07, 6.45) is 0. The van der Waals surface area contributed by atoms with Gasteiger partial charge in [-0.05, 0) is 0 Å². The predicted molar refractivity (Wildman–Crippen MR) is 60.5 cm³/mol. The zero-order valence-corrected chi connectivity index (χ0v) is 6.00. The van der Waals surface area contributed by atoms with Gasteiger partial charge in [-0.2, -0.15) is 0 Å². The third kappa shape index (κ3) is 1710. The van der Waals surface area contributed by atoms with Gasteiger partial charge in [0.05, 0.1) is 0 Å². The Morgan fingerprint density at radius 2 is 0.214 bits per heavy atom. The van der Waals surface area contributed by atoms with Crippen molar-refractivity contribution in [3.05, 3.63) is 0 Å². The molecule has 0 saturated carbocycles. The molecule has 24 N–H and O–H groups in total. The molecule has 0 aliphatic rings. The summed E-state index contributed by atoms with van der Waals surface area (Å²) in [6, 6.07) is 0. The second kappa shape index (κ2) is 2160. The van der Waals surface area contributed by atoms with Crippen LogP contribution >= 0.6 is 0 Å². The van der Waals surface area contributed by atoms with E-state index in [4.69, 9.17) is 0 Å². The molecule has 0 atom stereocenters. The van der Waals surface area contributed by atoms with Crippen molar-refractivity contribution in [3.63, 3.8) is 0 Å². The van der Waals surface area contributed by atoms with Gasteiger partial charge < -0.3 is 65.7 Å². The molecule has 0 spiro atoms. The average Bonchev–Trinajstić information content (AvgIpc) is 0. The Balaban J connectivity index is 0. The summed E-state index contributed by atoms with van der Waals surface area (Å²) in [7, 11) is 0. The van der Waals surface area contributed by atoms with Gasteiger partial charge in [0.25, 0.3) is 0 Å². The summed E-state index contributed by atoms with van der Waals surface area (Å²) in [5.74, 6) is 0. The van der Waals surface area contributed by atoms with Crippen LogP contribution in [0.2, 0.25) is 0 Å². The molecule has 104 valence electrons. The van der Waals surface area contributed by atoms with E-state index in [0.717, 1.165) is 0 Å². The SMILES string of the molecule is O.O.O.O.O.O.O.O.O.O.O.O.[AlH3].[NaH]. The zero-order valence-electron chi connectivity index (χ0n) is 6.00. The van der Waals surface area contributed by atoms with Gasteiger partial charge in [0.2, 0.25) is 0 Å². The summed E-state index contributed by atoms with van der Waals surface area (Å²) in [5.41, 5.74) is 0. The maximum atomic E-state index is 0. The minimum absolute atomic E-state index is 0. The molecule has 0 unspecified atom stereocenters. The minimum atomic E-state index is 0. The molecular formula is H28AlNaO12. The van der Waals surface area contributed by atoms with E-state index in [0.29, 0.717) is 0 Å². The summed E-state index contributed by atoms with van der Waals surface area (Å²) in [4.78, 5) is 0. The van der Waals surface area contributed by atoms with Gasteiger partial charge in [-0.3, -0.25) is 0 Å². The van der Waals surface area contributed by atoms with Crippen molar-refractivity contribution in [3.8, 4) is 0 Å². The van der Waals surface area contributed by atoms with E-state index in [1.54, 1.807) is 0 Å². The molecule has 0 heterocycles. The molecule has 0 saturated heterocycles. The van der Waals surface area contributed by atoms with E-state index in [2.05, 4.69) is 0 Å². The van der Waals surface area contributed by atoms with Crippen molar-refractivity contribution in [2.75, 3.05) is 0 Å². The van der Waals surface area contributed by atoms with Crippen LogP contribution < -0.4 is 0 Å². The Hall–Kier alpha value is 1.05. The Morgan fingerprint density at radius 3 is 0.214 bits per heavy atom. The fourth-order valence-corrected chi connectivity index (χ4v) is 0. The number of hydrogen-bond acceptors (Lipinski definition) is 0. The zero-order chi connectivity index (χ0) is 0. The van der Waals surface area contributed by atoms with Crippen LogP contribution in [0, 0.1) is 0 Å². The normalized spacial score (nSPS) is 0. The van der Waals surface area contributed by atoms with Gasteiger partial charge >= 0.3 is 29.6 Å². The van der Waals surface area contributed by atoms with E-state index in [1.807, 2.05) is 0 Å². The first-order valence-electron chi connectivity index (χ1n) is 0. The van der Waals surface area contributed by atoms with Crippen LogP contribution in [0.5, 0.6) is 0 Å². The van der Waals surface area contributed by atoms with E-state index in [1.165, 1.54) is 0 Å². The maximum absolute atomic E-state index is 0. The second-order valence-electron chi connectivity index (χ2n) is 0. The van der Waals surface area contributed by atoms with E-state index in [9.17, 15) is 0 Å². The first-order chi connectivity index (χ1) is 0. The van der Waals surface area contributed by atoms with E-state index < -0.39 is 0 Å². The standard InChI is InChI=1S/Al.Na.12H2O.4H/h;;12*1H2;;;;. The molecule has 0 aromatic rings. The average molecular weight is 270 g/mol. The van der Waals surface area contributed by atoms with Crippen LogP contribution in [0.15, 0.2) is 0 Å². The van der Waals surface area contributed by atoms with Crippen molar-refractivity contribution in [2.45, 2.75) is 0 Å². The Labute approximate surface area is 112 Å². The summed E-state index contributed by atoms with van der Waals surface area (Å²) in [6.45, 7) is 0. The summed E-state index contributed by atoms with van der Waals surface area (Å²) >= 11 is 0. The number of rotatable bonds is 0. The van der Waals surface area contributed by atoms with E-state index in [-0.39, 0.29) is 113 Å². The first-order valence-corrected chi connectivity index (χ1v) is 0. The van der Waals surface area contributed by atoms with Gasteiger partial charge in [-0.25, -0.2) is 0 Å². The molecule has 0 radical (unpaired) electrons. The third-order valence-electron chi connectivity index (χ3n) is 0. The molecule has 0 aromatic heterocycles. The van der Waals surface area contributed by atoms with Gasteiger partial charge in [0.1, 0.15) is 0 Å². The van der Waals surface area contributed by atoms with Gasteiger partial charge in [-0.1, -0.05) is 0 Å². The molecule has 14 heteroatoms. The molecular weight excluding hydrogens is 242 g/mol. The molecule has 0 bridgehead atoms. The topological polar surface area (TPSA) is 378 Å². The monoisotopic (exact) mass is 270 g/mol. The third-order valence-corrected chi connectivity index (χ3v) is 0. The molecule has 0 aliphatic heterocycles. The van der Waals surface area contributed by atoms with Crippen LogP contribution in [0.3, 0.4) is 0 Å². The van der Waals surface area contributed by atoms with Crippen molar-refractivity contribution in [1.82, 2.24) is 0 Å². The van der Waals surface area contributed by atoms with Crippen LogP contribution in [0.1, 0.15) is 0 Å². The quantitative estimate of drug-likeness (QED) is 0.369.